The molecule has 10 aromatic rings. The second-order valence-electron chi connectivity index (χ2n) is 35.2. The van der Waals surface area contributed by atoms with Gasteiger partial charge in [-0.25, -0.2) is 28.9 Å². The quantitative estimate of drug-likeness (QED) is 0.0382. The van der Waals surface area contributed by atoms with Crippen LogP contribution >= 0.6 is 12.4 Å². The van der Waals surface area contributed by atoms with E-state index in [1.807, 2.05) is 265 Å². The van der Waals surface area contributed by atoms with Crippen LogP contribution in [0, 0.1) is 11.3 Å². The highest BCUT2D eigenvalue weighted by atomic mass is 35.5. The van der Waals surface area contributed by atoms with Gasteiger partial charge in [0.25, 0.3) is 5.82 Å². The number of nitrogens with one attached hydrogen (secondary N) is 6. The van der Waals surface area contributed by atoms with Gasteiger partial charge in [0.1, 0.15) is 39.2 Å². The molecule has 0 radical (unpaired) electrons. The van der Waals surface area contributed by atoms with Crippen molar-refractivity contribution < 1.29 is 84.9 Å². The van der Waals surface area contributed by atoms with Gasteiger partial charge in [0, 0.05) is 80.2 Å². The van der Waals surface area contributed by atoms with Crippen molar-refractivity contribution in [1.29, 1.82) is 5.26 Å². The van der Waals surface area contributed by atoms with Gasteiger partial charge in [0.15, 0.2) is 11.0 Å². The number of H-pyrrole nitrogens is 1. The van der Waals surface area contributed by atoms with E-state index in [2.05, 4.69) is 48.7 Å². The van der Waals surface area contributed by atoms with E-state index in [0.29, 0.717) is 64.6 Å². The molecule has 27 nitrogen and oxygen atoms in total. The number of hydrogen-bond acceptors (Lipinski definition) is 15. The molecular weight excluding hydrogens is 1680 g/mol. The first-order valence-electron chi connectivity index (χ1n) is 43.3. The molecule has 129 heavy (non-hydrogen) atoms. The predicted molar refractivity (Wildman–Crippen MR) is 502 cm³/mol. The van der Waals surface area contributed by atoms with E-state index >= 15 is 0 Å². The monoisotopic (exact) mass is 1800 g/mol. The normalized spacial score (nSPS) is 19.3. The van der Waals surface area contributed by atoms with E-state index in [9.17, 15) is 43.2 Å². The van der Waals surface area contributed by atoms with Crippen molar-refractivity contribution in [3.63, 3.8) is 0 Å². The van der Waals surface area contributed by atoms with Gasteiger partial charge in [-0.1, -0.05) is 170 Å². The molecule has 29 heteroatoms. The van der Waals surface area contributed by atoms with Gasteiger partial charge in [0.05, 0.1) is 42.5 Å². The Morgan fingerprint density at radius 3 is 1.26 bits per heavy atom. The van der Waals surface area contributed by atoms with Crippen molar-refractivity contribution in [3.05, 3.63) is 224 Å². The number of nitriles is 1. The third kappa shape index (κ3) is 27.3. The first kappa shape index (κ1) is 104. The molecule has 15 rings (SSSR count). The zero-order chi connectivity index (χ0) is 92.5. The average molecular weight is 1800 g/mol. The number of imidazole rings is 2. The van der Waals surface area contributed by atoms with Crippen LogP contribution in [0.3, 0.4) is 0 Å². The van der Waals surface area contributed by atoms with Crippen LogP contribution in [0.25, 0.3) is 55.4 Å². The van der Waals surface area contributed by atoms with Gasteiger partial charge in [-0.15, -0.1) is 12.4 Å². The minimum absolute atomic E-state index is 0. The molecule has 7 heterocycles. The molecule has 0 spiro atoms. The van der Waals surface area contributed by atoms with Gasteiger partial charge in [-0.05, 0) is 213 Å². The molecular formula is C100H125Cl2N13O14. The van der Waals surface area contributed by atoms with Crippen LogP contribution in [-0.2, 0) is 70.0 Å². The number of benzene rings is 8. The molecule has 5 aliphatic heterocycles. The number of aliphatic carboxylic acids is 3. The Morgan fingerprint density at radius 1 is 0.481 bits per heavy atom. The number of aryl methyl sites for hydroxylation is 4. The summed E-state index contributed by atoms with van der Waals surface area (Å²) in [4.78, 5) is 122. The first-order chi connectivity index (χ1) is 60.3. The summed E-state index contributed by atoms with van der Waals surface area (Å²) in [6.45, 7) is 24.4. The summed E-state index contributed by atoms with van der Waals surface area (Å²) in [5.74, 6) is -0.967. The number of carboxylic acids is 3. The highest BCUT2D eigenvalue weighted by Gasteiger charge is 2.50. The smallest absolute Gasteiger partial charge is 0.411 e. The SMILES string of the molecule is CC#N.CC(C)(C)OC(=O)N1CCC[C@@]1(C)C(=O)Nc1ccccc1-c1ccccc1.CC(C)(C)OC(=O)N1CCC[C@@]1(C)C(=O)O.C[C@@]1(C(=O)Nc2ccccc2-c2ccccc2)CCCN1.C[C@@]1(C(=O)O)CCCN1.C[n+]1c(CCC(=O)O)[nH]c2ccccc21.Cl.Cn1c(CCC(=O)N2CCC[C@@]2(C)C(=O)Nc2ccccc2-c2ccccc2)nc2ccccc21.[Cl-]. The summed E-state index contributed by atoms with van der Waals surface area (Å²) in [5, 5.41) is 49.2. The van der Waals surface area contributed by atoms with Crippen molar-refractivity contribution in [2.24, 2.45) is 14.1 Å². The fourth-order valence-electron chi connectivity index (χ4n) is 16.0. The molecule has 5 aliphatic rings. The third-order valence-corrected chi connectivity index (χ3v) is 23.3. The summed E-state index contributed by atoms with van der Waals surface area (Å²) in [6.07, 6.45) is 8.19. The minimum Gasteiger partial charge on any atom is -1.00 e. The maximum Gasteiger partial charge on any atom is 0.411 e. The van der Waals surface area contributed by atoms with Crippen molar-refractivity contribution in [2.75, 3.05) is 48.7 Å². The lowest BCUT2D eigenvalue weighted by Crippen LogP contribution is -3.00. The van der Waals surface area contributed by atoms with E-state index in [-0.39, 0.29) is 54.9 Å². The number of hydrogen-bond donors (Lipinski definition) is 9. The number of aromatic amines is 1. The minimum atomic E-state index is -1.12. The number of carbonyl (C=O) groups is 9. The fraction of sp³-hybridized carbons (Fsp3) is 0.400. The van der Waals surface area contributed by atoms with Gasteiger partial charge >= 0.3 is 30.1 Å². The van der Waals surface area contributed by atoms with E-state index in [0.717, 1.165) is 136 Å². The van der Waals surface area contributed by atoms with Gasteiger partial charge in [-0.3, -0.25) is 38.6 Å². The topological polar surface area (TPSA) is 364 Å². The zero-order valence-electron chi connectivity index (χ0n) is 76.4. The number of nitrogens with zero attached hydrogens (tertiary/aromatic N) is 7. The van der Waals surface area contributed by atoms with Crippen LogP contribution in [0.15, 0.2) is 212 Å². The molecule has 9 N–H and O–H groups in total. The standard InChI is InChI=1S/C29H30N4O2.C23H28N2O3.C18H20N2O.C11H12N2O2.C11H19NO4.C6H11NO2.C2H3N.2ClH/c1-29(28(35)31-23-14-7-6-13-22(23)21-11-4-3-5-12-21)19-10-20-33(29)27(34)18-17-26-30-24-15-8-9-16-25(24)32(26)2;1-22(2,3)28-21(27)25-16-10-15-23(25,4)20(26)24-19-14-9-8-13-18(19)17-11-6-5-7-12-17;1-18(12-7-13-19-18)17(21)20-16-11-6-5-10-15(16)14-8-3-2-4-9-14;1-13-9-5-3-2-4-8(9)12-10(13)6-7-11(14)15;1-10(2,3)16-9(15)12-7-5-6-11(12,4)8(13)14;1-6(5(8)9)3-2-4-7-6;1-2-3;;/h3-9,11-16H,10,17-20H2,1-2H3,(H,31,35);5-9,11-14H,10,15-16H2,1-4H3,(H,24,26);2-6,8-11,19H,7,12-13H2,1H3,(H,20,21);2-5H,6-7H2,1H3,(H,14,15);5-7H2,1-4H3,(H,13,14);7H,2-4H2,1H3,(H,8,9);1H3;2*1H/t29-;23-;18-;;11-;6-;;;/m000.00.../s1. The molecule has 5 saturated heterocycles. The molecule has 5 fully saturated rings. The van der Waals surface area contributed by atoms with Gasteiger partial charge in [-0.2, -0.15) is 5.26 Å². The molecule has 2 aromatic heterocycles. The van der Waals surface area contributed by atoms with Crippen LogP contribution < -0.4 is 43.6 Å². The Labute approximate surface area is 769 Å². The van der Waals surface area contributed by atoms with Crippen LogP contribution in [0.5, 0.6) is 0 Å². The number of amides is 6. The van der Waals surface area contributed by atoms with Crippen LogP contribution in [0.1, 0.15) is 172 Å². The summed E-state index contributed by atoms with van der Waals surface area (Å²) < 4.78 is 14.7. The summed E-state index contributed by atoms with van der Waals surface area (Å²) in [6, 6.07) is 71.1. The van der Waals surface area contributed by atoms with Crippen LogP contribution in [0.4, 0.5) is 26.7 Å². The Morgan fingerprint density at radius 2 is 0.860 bits per heavy atom. The molecule has 0 aliphatic carbocycles. The maximum absolute atomic E-state index is 13.6. The van der Waals surface area contributed by atoms with Crippen molar-refractivity contribution in [3.8, 4) is 39.4 Å². The average Bonchev–Trinajstić information content (AvgIpc) is 1.67. The molecule has 6 amide bonds. The number of fused-ring (bicyclic) bond motifs is 2. The molecule has 0 unspecified atom stereocenters. The number of carbonyl (C=O) groups excluding carboxylic acids is 6. The van der Waals surface area contributed by atoms with E-state index < -0.39 is 69.0 Å². The molecule has 688 valence electrons. The summed E-state index contributed by atoms with van der Waals surface area (Å²) in [5.41, 5.74) is 7.37. The van der Waals surface area contributed by atoms with Crippen molar-refractivity contribution in [2.45, 2.75) is 212 Å². The van der Waals surface area contributed by atoms with Crippen molar-refractivity contribution in [1.82, 2.24) is 39.9 Å². The van der Waals surface area contributed by atoms with Crippen LogP contribution in [0.2, 0.25) is 0 Å². The molecule has 8 aromatic carbocycles. The molecule has 0 bridgehead atoms. The summed E-state index contributed by atoms with van der Waals surface area (Å²) >= 11 is 0. The molecule has 5 atom stereocenters. The Balaban J connectivity index is 0.000000219. The lowest BCUT2D eigenvalue weighted by molar-refractivity contribution is -0.652. The molecule has 0 saturated carbocycles. The second kappa shape index (κ2) is 46.5. The number of anilines is 3. The number of likely N-dealkylation sites (tertiary alicyclic amines) is 3. The fourth-order valence-corrected chi connectivity index (χ4v) is 16.0. The number of ether oxygens (including phenoxy) is 2. The number of rotatable bonds is 17. The number of para-hydroxylation sites is 7. The van der Waals surface area contributed by atoms with E-state index in [1.54, 1.807) is 50.5 Å². The van der Waals surface area contributed by atoms with Gasteiger partial charge < -0.3 is 73.3 Å². The highest BCUT2D eigenvalue weighted by Crippen LogP contribution is 2.38. The second-order valence-corrected chi connectivity index (χ2v) is 35.2. The van der Waals surface area contributed by atoms with Crippen molar-refractivity contribution >= 4 is 105 Å². The maximum atomic E-state index is 13.6. The Hall–Kier alpha value is -12.5. The first-order valence-corrected chi connectivity index (χ1v) is 43.3. The number of halogens is 2. The Kier molecular flexibility index (Phi) is 37.3. The largest absolute Gasteiger partial charge is 1.00 e. The number of carboxylic acid groups (broad SMARTS) is 3. The van der Waals surface area contributed by atoms with Crippen LogP contribution in [-0.4, -0.2) is 170 Å². The lowest BCUT2D eigenvalue weighted by atomic mass is 9.96. The Bertz CT molecular complexity index is 5510. The number of aromatic nitrogens is 4. The third-order valence-electron chi connectivity index (χ3n) is 23.3. The van der Waals surface area contributed by atoms with Gasteiger partial charge in [0.2, 0.25) is 23.6 Å². The van der Waals surface area contributed by atoms with E-state index in [1.165, 1.54) is 11.8 Å². The highest BCUT2D eigenvalue weighted by molar-refractivity contribution is 6.05. The van der Waals surface area contributed by atoms with E-state index in [4.69, 9.17) is 30.1 Å². The zero-order valence-corrected chi connectivity index (χ0v) is 78.0. The predicted octanol–water partition coefficient (Wildman–Crippen LogP) is 14.7. The lowest BCUT2D eigenvalue weighted by Gasteiger charge is -2.35. The summed E-state index contributed by atoms with van der Waals surface area (Å²) in [7, 11) is 3.92.